The first-order valence-corrected chi connectivity index (χ1v) is 9.67. The average Bonchev–Trinajstić information content (AvgIpc) is 3.18. The first-order chi connectivity index (χ1) is 14.6. The molecular formula is C21H15ClN4O3S. The summed E-state index contributed by atoms with van der Waals surface area (Å²) in [6, 6.07) is 17.6. The Morgan fingerprint density at radius 2 is 1.87 bits per heavy atom. The first-order valence-electron chi connectivity index (χ1n) is 8.88. The molecule has 0 fully saturated rings. The van der Waals surface area contributed by atoms with E-state index in [0.717, 1.165) is 5.56 Å². The molecule has 150 valence electrons. The molecule has 0 atom stereocenters. The summed E-state index contributed by atoms with van der Waals surface area (Å²) < 4.78 is 11.1. The minimum Gasteiger partial charge on any atom is -0.484 e. The Bertz CT molecular complexity index is 1160. The lowest BCUT2D eigenvalue weighted by atomic mass is 10.2. The van der Waals surface area contributed by atoms with Crippen molar-refractivity contribution >= 4 is 51.8 Å². The van der Waals surface area contributed by atoms with Crippen LogP contribution in [0.25, 0.3) is 22.7 Å². The van der Waals surface area contributed by atoms with Gasteiger partial charge in [-0.25, -0.2) is 4.98 Å². The number of thiocarbonyl (C=S) groups is 1. The van der Waals surface area contributed by atoms with Gasteiger partial charge < -0.3 is 14.5 Å². The summed E-state index contributed by atoms with van der Waals surface area (Å²) in [5.41, 5.74) is 2.68. The Morgan fingerprint density at radius 3 is 2.60 bits per heavy atom. The number of nitrogens with zero attached hydrogens (tertiary/aromatic N) is 2. The number of ether oxygens (including phenoxy) is 1. The second kappa shape index (κ2) is 8.89. The van der Waals surface area contributed by atoms with E-state index in [9.17, 15) is 4.79 Å². The maximum atomic E-state index is 12.0. The molecule has 2 aromatic heterocycles. The second-order valence-corrected chi connectivity index (χ2v) is 7.01. The fourth-order valence-corrected chi connectivity index (χ4v) is 2.95. The summed E-state index contributed by atoms with van der Waals surface area (Å²) in [4.78, 5) is 20.5. The lowest BCUT2D eigenvalue weighted by molar-refractivity contribution is -0.121. The van der Waals surface area contributed by atoms with Gasteiger partial charge in [-0.1, -0.05) is 11.6 Å². The van der Waals surface area contributed by atoms with Gasteiger partial charge in [0.05, 0.1) is 0 Å². The van der Waals surface area contributed by atoms with Crippen LogP contribution in [-0.4, -0.2) is 27.6 Å². The van der Waals surface area contributed by atoms with Crippen LogP contribution in [-0.2, 0) is 4.79 Å². The molecule has 0 aliphatic heterocycles. The van der Waals surface area contributed by atoms with Crippen LogP contribution in [0.5, 0.6) is 5.75 Å². The van der Waals surface area contributed by atoms with Crippen molar-refractivity contribution in [1.82, 2.24) is 15.3 Å². The van der Waals surface area contributed by atoms with Crippen molar-refractivity contribution in [1.29, 1.82) is 0 Å². The number of rotatable bonds is 5. The number of pyridine rings is 1. The Balaban J connectivity index is 1.30. The number of hydrogen-bond donors (Lipinski definition) is 2. The number of anilines is 1. The van der Waals surface area contributed by atoms with E-state index >= 15 is 0 Å². The molecule has 0 aliphatic carbocycles. The zero-order chi connectivity index (χ0) is 20.9. The monoisotopic (exact) mass is 438 g/mol. The molecule has 0 aliphatic rings. The minimum absolute atomic E-state index is 0.165. The highest BCUT2D eigenvalue weighted by atomic mass is 35.5. The molecule has 4 rings (SSSR count). The fraction of sp³-hybridized carbons (Fsp3) is 0.0476. The highest BCUT2D eigenvalue weighted by molar-refractivity contribution is 7.80. The first kappa shape index (κ1) is 19.8. The number of nitrogens with one attached hydrogen (secondary N) is 2. The zero-order valence-corrected chi connectivity index (χ0v) is 17.0. The van der Waals surface area contributed by atoms with Gasteiger partial charge in [-0.2, -0.15) is 4.98 Å². The van der Waals surface area contributed by atoms with Gasteiger partial charge in [0, 0.05) is 22.5 Å². The average molecular weight is 439 g/mol. The van der Waals surface area contributed by atoms with Gasteiger partial charge in [0.15, 0.2) is 22.9 Å². The predicted octanol–water partition coefficient (Wildman–Crippen LogP) is 4.44. The van der Waals surface area contributed by atoms with E-state index in [1.54, 1.807) is 48.7 Å². The Hall–Kier alpha value is -3.49. The molecule has 1 amide bonds. The Morgan fingerprint density at radius 1 is 1.10 bits per heavy atom. The molecule has 30 heavy (non-hydrogen) atoms. The molecule has 0 radical (unpaired) electrons. The van der Waals surface area contributed by atoms with Crippen molar-refractivity contribution < 1.29 is 13.9 Å². The third-order valence-electron chi connectivity index (χ3n) is 3.99. The number of carbonyl (C=O) groups is 1. The van der Waals surface area contributed by atoms with Crippen LogP contribution >= 0.6 is 23.8 Å². The van der Waals surface area contributed by atoms with Crippen LogP contribution in [0.15, 0.2) is 71.3 Å². The van der Waals surface area contributed by atoms with Gasteiger partial charge in [-0.15, -0.1) is 0 Å². The number of aromatic nitrogens is 2. The lowest BCUT2D eigenvalue weighted by Crippen LogP contribution is -2.37. The number of halogens is 1. The number of hydrogen-bond acceptors (Lipinski definition) is 6. The summed E-state index contributed by atoms with van der Waals surface area (Å²) in [7, 11) is 0. The SMILES string of the molecule is O=C(COc1ccc(Cl)cc1)NC(=S)Nc1ccc(-c2nc3ncccc3o2)cc1. The number of fused-ring (bicyclic) bond motifs is 1. The van der Waals surface area contributed by atoms with E-state index in [4.69, 9.17) is 33.0 Å². The van der Waals surface area contributed by atoms with Crippen LogP contribution < -0.4 is 15.4 Å². The summed E-state index contributed by atoms with van der Waals surface area (Å²) in [6.45, 7) is -0.172. The van der Waals surface area contributed by atoms with E-state index in [1.807, 2.05) is 18.2 Å². The molecule has 4 aromatic rings. The second-order valence-electron chi connectivity index (χ2n) is 6.17. The summed E-state index contributed by atoms with van der Waals surface area (Å²) in [5, 5.41) is 6.27. The molecule has 0 spiro atoms. The van der Waals surface area contributed by atoms with Crippen LogP contribution in [0, 0.1) is 0 Å². The third kappa shape index (κ3) is 4.91. The Labute approximate surface area is 182 Å². The van der Waals surface area contributed by atoms with Gasteiger partial charge in [0.2, 0.25) is 5.89 Å². The van der Waals surface area contributed by atoms with E-state index in [1.165, 1.54) is 0 Å². The quantitative estimate of drug-likeness (QED) is 0.445. The number of benzene rings is 2. The highest BCUT2D eigenvalue weighted by Crippen LogP contribution is 2.24. The molecule has 2 N–H and O–H groups in total. The van der Waals surface area contributed by atoms with Gasteiger partial charge in [0.25, 0.3) is 5.91 Å². The van der Waals surface area contributed by atoms with Crippen LogP contribution in [0.1, 0.15) is 0 Å². The van der Waals surface area contributed by atoms with Crippen molar-refractivity contribution in [3.63, 3.8) is 0 Å². The van der Waals surface area contributed by atoms with Crippen molar-refractivity contribution in [3.8, 4) is 17.2 Å². The maximum Gasteiger partial charge on any atom is 0.264 e. The normalized spacial score (nSPS) is 10.6. The smallest absolute Gasteiger partial charge is 0.264 e. The van der Waals surface area contributed by atoms with E-state index in [0.29, 0.717) is 33.6 Å². The molecule has 9 heteroatoms. The summed E-state index contributed by atoms with van der Waals surface area (Å²) >= 11 is 11.0. The molecule has 0 saturated carbocycles. The van der Waals surface area contributed by atoms with Crippen molar-refractivity contribution in [2.75, 3.05) is 11.9 Å². The molecular weight excluding hydrogens is 424 g/mol. The number of carbonyl (C=O) groups excluding carboxylic acids is 1. The van der Waals surface area contributed by atoms with Crippen LogP contribution in [0.3, 0.4) is 0 Å². The molecule has 0 saturated heterocycles. The predicted molar refractivity (Wildman–Crippen MR) is 119 cm³/mol. The molecule has 2 aromatic carbocycles. The van der Waals surface area contributed by atoms with E-state index in [2.05, 4.69) is 20.6 Å². The van der Waals surface area contributed by atoms with Gasteiger partial charge >= 0.3 is 0 Å². The van der Waals surface area contributed by atoms with Gasteiger partial charge in [0.1, 0.15) is 5.75 Å². The molecule has 2 heterocycles. The number of oxazole rings is 1. The largest absolute Gasteiger partial charge is 0.484 e. The third-order valence-corrected chi connectivity index (χ3v) is 4.45. The maximum absolute atomic E-state index is 12.0. The Kier molecular flexibility index (Phi) is 5.87. The van der Waals surface area contributed by atoms with Crippen molar-refractivity contribution in [3.05, 3.63) is 71.9 Å². The van der Waals surface area contributed by atoms with Crippen molar-refractivity contribution in [2.24, 2.45) is 0 Å². The zero-order valence-electron chi connectivity index (χ0n) is 15.5. The minimum atomic E-state index is -0.377. The molecule has 7 nitrogen and oxygen atoms in total. The van der Waals surface area contributed by atoms with Gasteiger partial charge in [-0.3, -0.25) is 10.1 Å². The molecule has 0 bridgehead atoms. The highest BCUT2D eigenvalue weighted by Gasteiger charge is 2.10. The standard InChI is InChI=1S/C21H15ClN4O3S/c22-14-5-9-16(10-6-14)28-12-18(27)25-21(30)24-15-7-3-13(4-8-15)20-26-19-17(29-20)2-1-11-23-19/h1-11H,12H2,(H2,24,25,27,30). The summed E-state index contributed by atoms with van der Waals surface area (Å²) in [6.07, 6.45) is 1.66. The van der Waals surface area contributed by atoms with Crippen molar-refractivity contribution in [2.45, 2.75) is 0 Å². The van der Waals surface area contributed by atoms with Gasteiger partial charge in [-0.05, 0) is 72.9 Å². The van der Waals surface area contributed by atoms with E-state index < -0.39 is 0 Å². The summed E-state index contributed by atoms with van der Waals surface area (Å²) in [5.74, 6) is 0.641. The molecule has 0 unspecified atom stereocenters. The lowest BCUT2D eigenvalue weighted by Gasteiger charge is -2.10. The van der Waals surface area contributed by atoms with Crippen LogP contribution in [0.4, 0.5) is 5.69 Å². The number of amides is 1. The fourth-order valence-electron chi connectivity index (χ4n) is 2.59. The van der Waals surface area contributed by atoms with E-state index in [-0.39, 0.29) is 17.6 Å². The van der Waals surface area contributed by atoms with Crippen LogP contribution in [0.2, 0.25) is 5.02 Å². The topological polar surface area (TPSA) is 89.3 Å².